The van der Waals surface area contributed by atoms with E-state index in [0.29, 0.717) is 30.4 Å². The first-order valence-electron chi connectivity index (χ1n) is 9.67. The number of para-hydroxylation sites is 1. The molecule has 0 saturated carbocycles. The number of aromatic nitrogens is 3. The van der Waals surface area contributed by atoms with E-state index >= 15 is 0 Å². The van der Waals surface area contributed by atoms with Gasteiger partial charge in [0.1, 0.15) is 0 Å². The molecule has 2 aromatic carbocycles. The molecule has 7 heteroatoms. The molecule has 0 fully saturated rings. The second-order valence-electron chi connectivity index (χ2n) is 6.70. The third kappa shape index (κ3) is 5.08. The van der Waals surface area contributed by atoms with Crippen LogP contribution in [0.3, 0.4) is 0 Å². The maximum absolute atomic E-state index is 12.3. The monoisotopic (exact) mass is 399 g/mol. The SMILES string of the molecule is O=C(NCCc1ccccc1)Nc1ccccc1Cc1nc(-c2ccncc2)no1. The number of amides is 2. The molecule has 150 valence electrons. The summed E-state index contributed by atoms with van der Waals surface area (Å²) in [6.07, 6.45) is 4.55. The van der Waals surface area contributed by atoms with Gasteiger partial charge >= 0.3 is 6.03 Å². The number of carbonyl (C=O) groups excluding carboxylic acids is 1. The van der Waals surface area contributed by atoms with Crippen LogP contribution >= 0.6 is 0 Å². The highest BCUT2D eigenvalue weighted by Crippen LogP contribution is 2.20. The lowest BCUT2D eigenvalue weighted by Crippen LogP contribution is -2.30. The molecule has 4 rings (SSSR count). The molecule has 0 aliphatic rings. The number of hydrogen-bond acceptors (Lipinski definition) is 5. The average Bonchev–Trinajstić information content (AvgIpc) is 3.25. The number of nitrogens with one attached hydrogen (secondary N) is 2. The fourth-order valence-electron chi connectivity index (χ4n) is 3.04. The van der Waals surface area contributed by atoms with Crippen molar-refractivity contribution in [3.63, 3.8) is 0 Å². The normalized spacial score (nSPS) is 10.5. The number of urea groups is 1. The Morgan fingerprint density at radius 3 is 2.53 bits per heavy atom. The van der Waals surface area contributed by atoms with Crippen molar-refractivity contribution >= 4 is 11.7 Å². The van der Waals surface area contributed by atoms with Gasteiger partial charge in [-0.25, -0.2) is 4.79 Å². The zero-order valence-electron chi connectivity index (χ0n) is 16.3. The summed E-state index contributed by atoms with van der Waals surface area (Å²) in [6.45, 7) is 0.553. The number of rotatable bonds is 7. The largest absolute Gasteiger partial charge is 0.339 e. The summed E-state index contributed by atoms with van der Waals surface area (Å²) in [4.78, 5) is 20.8. The van der Waals surface area contributed by atoms with Crippen LogP contribution in [0.1, 0.15) is 17.0 Å². The second kappa shape index (κ2) is 9.47. The predicted molar refractivity (Wildman–Crippen MR) is 114 cm³/mol. The van der Waals surface area contributed by atoms with Gasteiger partial charge in [-0.2, -0.15) is 4.98 Å². The minimum Gasteiger partial charge on any atom is -0.339 e. The molecule has 0 unspecified atom stereocenters. The topological polar surface area (TPSA) is 92.9 Å². The summed E-state index contributed by atoms with van der Waals surface area (Å²) < 4.78 is 5.39. The van der Waals surface area contributed by atoms with Crippen LogP contribution in [0.15, 0.2) is 83.6 Å². The van der Waals surface area contributed by atoms with Crippen LogP contribution in [0.2, 0.25) is 0 Å². The van der Waals surface area contributed by atoms with Gasteiger partial charge in [0.2, 0.25) is 11.7 Å². The van der Waals surface area contributed by atoms with Crippen molar-refractivity contribution in [3.05, 3.63) is 96.1 Å². The highest BCUT2D eigenvalue weighted by Gasteiger charge is 2.12. The van der Waals surface area contributed by atoms with Crippen LogP contribution in [-0.4, -0.2) is 27.7 Å². The van der Waals surface area contributed by atoms with Crippen molar-refractivity contribution in [3.8, 4) is 11.4 Å². The molecule has 0 spiro atoms. The van der Waals surface area contributed by atoms with Crippen LogP contribution in [0, 0.1) is 0 Å². The maximum Gasteiger partial charge on any atom is 0.319 e. The Balaban J connectivity index is 1.37. The van der Waals surface area contributed by atoms with Gasteiger partial charge in [-0.05, 0) is 35.7 Å². The van der Waals surface area contributed by atoms with E-state index in [1.807, 2.05) is 66.7 Å². The number of benzene rings is 2. The predicted octanol–water partition coefficient (Wildman–Crippen LogP) is 4.09. The highest BCUT2D eigenvalue weighted by atomic mass is 16.5. The molecular formula is C23H21N5O2. The van der Waals surface area contributed by atoms with Gasteiger partial charge < -0.3 is 15.2 Å². The zero-order chi connectivity index (χ0) is 20.6. The fourth-order valence-corrected chi connectivity index (χ4v) is 3.04. The average molecular weight is 399 g/mol. The summed E-state index contributed by atoms with van der Waals surface area (Å²) in [5.74, 6) is 0.983. The van der Waals surface area contributed by atoms with E-state index in [2.05, 4.69) is 25.8 Å². The molecule has 0 atom stereocenters. The van der Waals surface area contributed by atoms with E-state index in [9.17, 15) is 4.79 Å². The highest BCUT2D eigenvalue weighted by molar-refractivity contribution is 5.90. The quantitative estimate of drug-likeness (QED) is 0.488. The molecule has 0 radical (unpaired) electrons. The van der Waals surface area contributed by atoms with E-state index < -0.39 is 0 Å². The molecule has 2 N–H and O–H groups in total. The summed E-state index contributed by atoms with van der Waals surface area (Å²) >= 11 is 0. The molecule has 0 saturated heterocycles. The Bertz CT molecular complexity index is 1100. The Morgan fingerprint density at radius 2 is 1.70 bits per heavy atom. The fraction of sp³-hybridized carbons (Fsp3) is 0.130. The molecule has 7 nitrogen and oxygen atoms in total. The van der Waals surface area contributed by atoms with Crippen molar-refractivity contribution in [2.24, 2.45) is 0 Å². The van der Waals surface area contributed by atoms with Crippen LogP contribution in [0.5, 0.6) is 0 Å². The Hall–Kier alpha value is -4.00. The van der Waals surface area contributed by atoms with Crippen LogP contribution < -0.4 is 10.6 Å². The number of anilines is 1. The molecule has 4 aromatic rings. The van der Waals surface area contributed by atoms with E-state index in [0.717, 1.165) is 17.5 Å². The smallest absolute Gasteiger partial charge is 0.319 e. The first-order valence-corrected chi connectivity index (χ1v) is 9.67. The number of carbonyl (C=O) groups is 1. The Kier molecular flexibility index (Phi) is 6.10. The first-order chi connectivity index (χ1) is 14.8. The lowest BCUT2D eigenvalue weighted by atomic mass is 10.1. The summed E-state index contributed by atoms with van der Waals surface area (Å²) in [5.41, 5.74) is 3.61. The molecule has 2 amide bonds. The van der Waals surface area contributed by atoms with Crippen LogP contribution in [0.4, 0.5) is 10.5 Å². The molecule has 2 aromatic heterocycles. The third-order valence-corrected chi connectivity index (χ3v) is 4.56. The van der Waals surface area contributed by atoms with Crippen LogP contribution in [-0.2, 0) is 12.8 Å². The molecule has 0 aliphatic carbocycles. The van der Waals surface area contributed by atoms with E-state index in [1.54, 1.807) is 12.4 Å². The minimum absolute atomic E-state index is 0.249. The first kappa shape index (κ1) is 19.3. The third-order valence-electron chi connectivity index (χ3n) is 4.56. The summed E-state index contributed by atoms with van der Waals surface area (Å²) in [5, 5.41) is 9.83. The zero-order valence-corrected chi connectivity index (χ0v) is 16.3. The van der Waals surface area contributed by atoms with Gasteiger partial charge in [0, 0.05) is 30.2 Å². The summed E-state index contributed by atoms with van der Waals surface area (Å²) in [6, 6.07) is 21.0. The van der Waals surface area contributed by atoms with Gasteiger partial charge in [-0.1, -0.05) is 53.7 Å². The Morgan fingerprint density at radius 1 is 0.933 bits per heavy atom. The van der Waals surface area contributed by atoms with Gasteiger partial charge in [-0.15, -0.1) is 0 Å². The van der Waals surface area contributed by atoms with Crippen molar-refractivity contribution in [1.82, 2.24) is 20.4 Å². The molecule has 30 heavy (non-hydrogen) atoms. The Labute approximate surface area is 174 Å². The van der Waals surface area contributed by atoms with Gasteiger partial charge in [0.15, 0.2) is 0 Å². The molecule has 0 bridgehead atoms. The van der Waals surface area contributed by atoms with Crippen molar-refractivity contribution in [1.29, 1.82) is 0 Å². The lowest BCUT2D eigenvalue weighted by molar-refractivity contribution is 0.252. The van der Waals surface area contributed by atoms with E-state index in [4.69, 9.17) is 4.52 Å². The van der Waals surface area contributed by atoms with Crippen molar-refractivity contribution < 1.29 is 9.32 Å². The second-order valence-corrected chi connectivity index (χ2v) is 6.70. The number of pyridine rings is 1. The molecule has 2 heterocycles. The maximum atomic E-state index is 12.3. The van der Waals surface area contributed by atoms with E-state index in [1.165, 1.54) is 5.56 Å². The van der Waals surface area contributed by atoms with Crippen molar-refractivity contribution in [2.75, 3.05) is 11.9 Å². The molecular weight excluding hydrogens is 378 g/mol. The van der Waals surface area contributed by atoms with Crippen LogP contribution in [0.25, 0.3) is 11.4 Å². The number of nitrogens with zero attached hydrogens (tertiary/aromatic N) is 3. The van der Waals surface area contributed by atoms with Gasteiger partial charge in [0.05, 0.1) is 6.42 Å². The van der Waals surface area contributed by atoms with Gasteiger partial charge in [0.25, 0.3) is 0 Å². The molecule has 0 aliphatic heterocycles. The number of hydrogen-bond donors (Lipinski definition) is 2. The summed E-state index contributed by atoms with van der Waals surface area (Å²) in [7, 11) is 0. The van der Waals surface area contributed by atoms with Crippen molar-refractivity contribution in [2.45, 2.75) is 12.8 Å². The minimum atomic E-state index is -0.249. The lowest BCUT2D eigenvalue weighted by Gasteiger charge is -2.11. The standard InChI is InChI=1S/C23H21N5O2/c29-23(25-15-10-17-6-2-1-3-7-17)26-20-9-5-4-8-19(20)16-21-27-22(28-30-21)18-11-13-24-14-12-18/h1-9,11-14H,10,15-16H2,(H2,25,26,29). The van der Waals surface area contributed by atoms with E-state index in [-0.39, 0.29) is 6.03 Å². The van der Waals surface area contributed by atoms with Gasteiger partial charge in [-0.3, -0.25) is 4.98 Å².